The molecule has 2 unspecified atom stereocenters. The van der Waals surface area contributed by atoms with Crippen LogP contribution in [0.3, 0.4) is 0 Å². The zero-order valence-corrected chi connectivity index (χ0v) is 12.7. The van der Waals surface area contributed by atoms with E-state index in [9.17, 15) is 0 Å². The Labute approximate surface area is 122 Å². The van der Waals surface area contributed by atoms with Crippen LogP contribution in [0.1, 0.15) is 19.8 Å². The van der Waals surface area contributed by atoms with Gasteiger partial charge in [0.05, 0.1) is 19.3 Å². The van der Waals surface area contributed by atoms with Gasteiger partial charge in [-0.2, -0.15) is 0 Å². The van der Waals surface area contributed by atoms with Gasteiger partial charge in [0, 0.05) is 4.47 Å². The first-order chi connectivity index (χ1) is 9.16. The van der Waals surface area contributed by atoms with Crippen LogP contribution >= 0.6 is 15.9 Å². The lowest BCUT2D eigenvalue weighted by molar-refractivity contribution is -0.167. The van der Waals surface area contributed by atoms with E-state index in [2.05, 4.69) is 22.9 Å². The van der Waals surface area contributed by atoms with E-state index in [1.807, 2.05) is 24.3 Å². The Hall–Kier alpha value is -0.580. The predicted molar refractivity (Wildman–Crippen MR) is 76.5 cm³/mol. The molecule has 4 heteroatoms. The molecule has 1 saturated carbocycles. The van der Waals surface area contributed by atoms with E-state index in [0.29, 0.717) is 18.6 Å². The van der Waals surface area contributed by atoms with E-state index < -0.39 is 0 Å². The highest BCUT2D eigenvalue weighted by Gasteiger charge is 2.47. The molecule has 1 aromatic carbocycles. The molecule has 0 amide bonds. The van der Waals surface area contributed by atoms with Crippen LogP contribution in [0.5, 0.6) is 5.75 Å². The summed E-state index contributed by atoms with van der Waals surface area (Å²) in [6, 6.07) is 7.85. The zero-order chi connectivity index (χ0) is 13.3. The van der Waals surface area contributed by atoms with Crippen molar-refractivity contribution in [3.05, 3.63) is 28.7 Å². The second-order valence-corrected chi connectivity index (χ2v) is 6.62. The van der Waals surface area contributed by atoms with Crippen molar-refractivity contribution in [3.8, 4) is 5.75 Å². The second-order valence-electron chi connectivity index (χ2n) is 5.70. The summed E-state index contributed by atoms with van der Waals surface area (Å²) < 4.78 is 18.6. The van der Waals surface area contributed by atoms with Crippen LogP contribution in [0.2, 0.25) is 0 Å². The zero-order valence-electron chi connectivity index (χ0n) is 11.1. The van der Waals surface area contributed by atoms with Crippen LogP contribution in [0, 0.1) is 5.41 Å². The molecule has 0 radical (unpaired) electrons. The number of benzene rings is 1. The van der Waals surface area contributed by atoms with Crippen LogP contribution in [0.15, 0.2) is 28.7 Å². The highest BCUT2D eigenvalue weighted by atomic mass is 79.9. The lowest BCUT2D eigenvalue weighted by atomic mass is 10.0. The van der Waals surface area contributed by atoms with Gasteiger partial charge in [-0.25, -0.2) is 0 Å². The van der Waals surface area contributed by atoms with Crippen molar-refractivity contribution < 1.29 is 14.2 Å². The maximum atomic E-state index is 6.10. The summed E-state index contributed by atoms with van der Waals surface area (Å²) in [5.41, 5.74) is 0.344. The Morgan fingerprint density at radius 1 is 1.26 bits per heavy atom. The lowest BCUT2D eigenvalue weighted by Gasteiger charge is -2.33. The van der Waals surface area contributed by atoms with Crippen LogP contribution in [0.25, 0.3) is 0 Å². The van der Waals surface area contributed by atoms with Crippen molar-refractivity contribution in [2.45, 2.75) is 32.0 Å². The number of hydrogen-bond donors (Lipinski definition) is 0. The molecule has 2 atom stereocenters. The van der Waals surface area contributed by atoms with Crippen LogP contribution < -0.4 is 4.74 Å². The Bertz CT molecular complexity index is 428. The number of hydrogen-bond acceptors (Lipinski definition) is 3. The normalized spacial score (nSPS) is 28.9. The second kappa shape index (κ2) is 5.43. The topological polar surface area (TPSA) is 27.7 Å². The summed E-state index contributed by atoms with van der Waals surface area (Å²) in [5.74, 6) is 0.867. The quantitative estimate of drug-likeness (QED) is 0.848. The van der Waals surface area contributed by atoms with Crippen molar-refractivity contribution in [2.24, 2.45) is 5.41 Å². The predicted octanol–water partition coefficient (Wildman–Crippen LogP) is 3.41. The van der Waals surface area contributed by atoms with E-state index in [-0.39, 0.29) is 12.2 Å². The van der Waals surface area contributed by atoms with Crippen molar-refractivity contribution in [1.82, 2.24) is 0 Å². The van der Waals surface area contributed by atoms with Crippen molar-refractivity contribution in [1.29, 1.82) is 0 Å². The number of halogens is 1. The van der Waals surface area contributed by atoms with Gasteiger partial charge in [0.25, 0.3) is 0 Å². The molecular formula is C15H19BrO3. The molecule has 0 spiro atoms. The maximum Gasteiger partial charge on any atom is 0.119 e. The molecule has 1 aliphatic carbocycles. The minimum absolute atomic E-state index is 0.0415. The highest BCUT2D eigenvalue weighted by molar-refractivity contribution is 9.10. The summed E-state index contributed by atoms with van der Waals surface area (Å²) >= 11 is 3.41. The van der Waals surface area contributed by atoms with E-state index in [0.717, 1.165) is 16.8 Å². The summed E-state index contributed by atoms with van der Waals surface area (Å²) in [5, 5.41) is 0. The number of rotatable bonds is 4. The summed E-state index contributed by atoms with van der Waals surface area (Å²) in [4.78, 5) is 0. The molecule has 104 valence electrons. The van der Waals surface area contributed by atoms with Gasteiger partial charge >= 0.3 is 0 Å². The average molecular weight is 327 g/mol. The van der Waals surface area contributed by atoms with Gasteiger partial charge in [0.1, 0.15) is 18.5 Å². The molecule has 1 heterocycles. The molecule has 19 heavy (non-hydrogen) atoms. The average Bonchev–Trinajstić information content (AvgIpc) is 3.18. The first-order valence-corrected chi connectivity index (χ1v) is 7.57. The van der Waals surface area contributed by atoms with Gasteiger partial charge in [-0.05, 0) is 42.5 Å². The van der Waals surface area contributed by atoms with E-state index in [4.69, 9.17) is 14.2 Å². The number of ether oxygens (including phenoxy) is 3. The van der Waals surface area contributed by atoms with Crippen LogP contribution in [-0.2, 0) is 9.47 Å². The SMILES string of the molecule is CC1(C2COCC(COc3ccc(Br)cc3)O2)CC1. The molecule has 0 N–H and O–H groups in total. The molecule has 2 aliphatic rings. The van der Waals surface area contributed by atoms with Gasteiger partial charge < -0.3 is 14.2 Å². The Balaban J connectivity index is 1.51. The van der Waals surface area contributed by atoms with Crippen molar-refractivity contribution in [2.75, 3.05) is 19.8 Å². The first kappa shape index (κ1) is 13.4. The fourth-order valence-electron chi connectivity index (χ4n) is 2.31. The molecule has 1 aliphatic heterocycles. The summed E-state index contributed by atoms with van der Waals surface area (Å²) in [6.07, 6.45) is 2.78. The largest absolute Gasteiger partial charge is 0.491 e. The first-order valence-electron chi connectivity index (χ1n) is 6.77. The third-order valence-electron chi connectivity index (χ3n) is 4.00. The van der Waals surface area contributed by atoms with Gasteiger partial charge in [-0.15, -0.1) is 0 Å². The third-order valence-corrected chi connectivity index (χ3v) is 4.52. The van der Waals surface area contributed by atoms with Crippen molar-refractivity contribution in [3.63, 3.8) is 0 Å². The highest BCUT2D eigenvalue weighted by Crippen LogP contribution is 2.50. The van der Waals surface area contributed by atoms with Crippen LogP contribution in [-0.4, -0.2) is 32.0 Å². The van der Waals surface area contributed by atoms with E-state index in [1.54, 1.807) is 0 Å². The fraction of sp³-hybridized carbons (Fsp3) is 0.600. The molecular weight excluding hydrogens is 308 g/mol. The molecule has 3 rings (SSSR count). The smallest absolute Gasteiger partial charge is 0.119 e. The third kappa shape index (κ3) is 3.30. The van der Waals surface area contributed by atoms with E-state index >= 15 is 0 Å². The standard InChI is InChI=1S/C15H19BrO3/c1-15(6-7-15)14-10-17-8-13(19-14)9-18-12-4-2-11(16)3-5-12/h2-5,13-14H,6-10H2,1H3. The van der Waals surface area contributed by atoms with Gasteiger partial charge in [-0.3, -0.25) is 0 Å². The maximum absolute atomic E-state index is 6.10. The minimum atomic E-state index is 0.0415. The Kier molecular flexibility index (Phi) is 3.83. The molecule has 3 nitrogen and oxygen atoms in total. The molecule has 2 fully saturated rings. The Morgan fingerprint density at radius 2 is 2.00 bits per heavy atom. The van der Waals surface area contributed by atoms with Crippen molar-refractivity contribution >= 4 is 15.9 Å². The van der Waals surface area contributed by atoms with Gasteiger partial charge in [-0.1, -0.05) is 22.9 Å². The Morgan fingerprint density at radius 3 is 2.68 bits per heavy atom. The monoisotopic (exact) mass is 326 g/mol. The minimum Gasteiger partial charge on any atom is -0.491 e. The lowest BCUT2D eigenvalue weighted by Crippen LogP contribution is -2.43. The van der Waals surface area contributed by atoms with E-state index in [1.165, 1.54) is 12.8 Å². The van der Waals surface area contributed by atoms with Gasteiger partial charge in [0.2, 0.25) is 0 Å². The summed E-state index contributed by atoms with van der Waals surface area (Å²) in [7, 11) is 0. The summed E-state index contributed by atoms with van der Waals surface area (Å²) in [6.45, 7) is 4.18. The van der Waals surface area contributed by atoms with Gasteiger partial charge in [0.15, 0.2) is 0 Å². The molecule has 0 aromatic heterocycles. The molecule has 1 saturated heterocycles. The fourth-order valence-corrected chi connectivity index (χ4v) is 2.57. The molecule has 1 aromatic rings. The van der Waals surface area contributed by atoms with Crippen LogP contribution in [0.4, 0.5) is 0 Å². The molecule has 0 bridgehead atoms.